The summed E-state index contributed by atoms with van der Waals surface area (Å²) in [5.74, 6) is 0.200. The van der Waals surface area contributed by atoms with Gasteiger partial charge in [0, 0.05) is 5.92 Å². The lowest BCUT2D eigenvalue weighted by Gasteiger charge is -2.14. The number of nitriles is 1. The zero-order valence-electron chi connectivity index (χ0n) is 8.20. The Hall–Kier alpha value is -1.56. The van der Waals surface area contributed by atoms with Gasteiger partial charge in [-0.1, -0.05) is 19.9 Å². The molecule has 2 nitrogen and oxygen atoms in total. The molecule has 0 aliphatic carbocycles. The van der Waals surface area contributed by atoms with Crippen LogP contribution in [0.4, 0.5) is 4.39 Å². The van der Waals surface area contributed by atoms with Crippen LogP contribution in [0.1, 0.15) is 19.4 Å². The van der Waals surface area contributed by atoms with E-state index in [1.165, 1.54) is 6.07 Å². The second-order valence-electron chi connectivity index (χ2n) is 3.35. The fourth-order valence-electron chi connectivity index (χ4n) is 0.905. The second kappa shape index (κ2) is 4.61. The molecule has 1 unspecified atom stereocenters. The van der Waals surface area contributed by atoms with Crippen molar-refractivity contribution in [1.82, 2.24) is 0 Å². The molecule has 0 N–H and O–H groups in total. The molecule has 1 aromatic carbocycles. The Morgan fingerprint density at radius 1 is 1.43 bits per heavy atom. The van der Waals surface area contributed by atoms with E-state index in [2.05, 4.69) is 0 Å². The molecule has 0 aromatic heterocycles. The molecule has 1 atom stereocenters. The number of alkyl halides is 1. The van der Waals surface area contributed by atoms with Gasteiger partial charge in [-0.05, 0) is 18.2 Å². The van der Waals surface area contributed by atoms with Gasteiger partial charge >= 0.3 is 0 Å². The molecule has 1 aromatic rings. The van der Waals surface area contributed by atoms with Crippen LogP contribution in [-0.2, 0) is 0 Å². The van der Waals surface area contributed by atoms with Crippen molar-refractivity contribution in [2.24, 2.45) is 5.92 Å². The maximum Gasteiger partial charge on any atom is 0.240 e. The summed E-state index contributed by atoms with van der Waals surface area (Å²) >= 11 is 0. The van der Waals surface area contributed by atoms with E-state index in [0.29, 0.717) is 11.3 Å². The standard InChI is InChI=1S/C11H12FNO/c1-8(2)11(12)14-10-5-3-4-9(6-10)7-13/h3-6,8,11H,1-2H3. The van der Waals surface area contributed by atoms with Crippen molar-refractivity contribution in [1.29, 1.82) is 5.26 Å². The van der Waals surface area contributed by atoms with Crippen LogP contribution in [0.2, 0.25) is 0 Å². The summed E-state index contributed by atoms with van der Waals surface area (Å²) < 4.78 is 18.1. The lowest BCUT2D eigenvalue weighted by atomic mass is 10.2. The lowest BCUT2D eigenvalue weighted by Crippen LogP contribution is -2.16. The minimum Gasteiger partial charge on any atom is -0.460 e. The van der Waals surface area contributed by atoms with Crippen molar-refractivity contribution in [2.45, 2.75) is 20.2 Å². The number of nitrogens with zero attached hydrogens (tertiary/aromatic N) is 1. The van der Waals surface area contributed by atoms with Gasteiger partial charge in [-0.15, -0.1) is 0 Å². The van der Waals surface area contributed by atoms with Crippen molar-refractivity contribution in [2.75, 3.05) is 0 Å². The minimum absolute atomic E-state index is 0.194. The zero-order valence-corrected chi connectivity index (χ0v) is 8.20. The van der Waals surface area contributed by atoms with Crippen LogP contribution in [-0.4, -0.2) is 6.36 Å². The van der Waals surface area contributed by atoms with Gasteiger partial charge in [0.1, 0.15) is 5.75 Å². The van der Waals surface area contributed by atoms with E-state index in [1.807, 2.05) is 6.07 Å². The third kappa shape index (κ3) is 2.74. The molecular formula is C11H12FNO. The molecule has 0 fully saturated rings. The molecule has 0 aliphatic rings. The Kier molecular flexibility index (Phi) is 3.47. The molecule has 0 amide bonds. The highest BCUT2D eigenvalue weighted by molar-refractivity contribution is 5.36. The van der Waals surface area contributed by atoms with Crippen LogP contribution in [0.25, 0.3) is 0 Å². The minimum atomic E-state index is -1.33. The molecule has 0 spiro atoms. The summed E-state index contributed by atoms with van der Waals surface area (Å²) in [5.41, 5.74) is 0.471. The van der Waals surface area contributed by atoms with E-state index < -0.39 is 6.36 Å². The number of rotatable bonds is 3. The van der Waals surface area contributed by atoms with Gasteiger partial charge in [0.25, 0.3) is 0 Å². The van der Waals surface area contributed by atoms with E-state index in [1.54, 1.807) is 32.0 Å². The van der Waals surface area contributed by atoms with Crippen molar-refractivity contribution >= 4 is 0 Å². The normalized spacial score (nSPS) is 12.2. The molecule has 0 heterocycles. The van der Waals surface area contributed by atoms with Crippen LogP contribution in [0.15, 0.2) is 24.3 Å². The first kappa shape index (κ1) is 10.5. The topological polar surface area (TPSA) is 33.0 Å². The average Bonchev–Trinajstić information content (AvgIpc) is 2.18. The van der Waals surface area contributed by atoms with E-state index in [9.17, 15) is 4.39 Å². The predicted molar refractivity (Wildman–Crippen MR) is 51.5 cm³/mol. The smallest absolute Gasteiger partial charge is 0.240 e. The van der Waals surface area contributed by atoms with Crippen LogP contribution in [0, 0.1) is 17.2 Å². The highest BCUT2D eigenvalue weighted by atomic mass is 19.1. The first-order valence-corrected chi connectivity index (χ1v) is 4.44. The number of halogens is 1. The van der Waals surface area contributed by atoms with E-state index in [-0.39, 0.29) is 5.92 Å². The van der Waals surface area contributed by atoms with Crippen LogP contribution in [0.5, 0.6) is 5.75 Å². The SMILES string of the molecule is CC(C)C(F)Oc1cccc(C#N)c1. The summed E-state index contributed by atoms with van der Waals surface area (Å²) in [6, 6.07) is 8.44. The summed E-state index contributed by atoms with van der Waals surface area (Å²) in [4.78, 5) is 0. The fraction of sp³-hybridized carbons (Fsp3) is 0.364. The van der Waals surface area contributed by atoms with Gasteiger partial charge in [0.15, 0.2) is 0 Å². The van der Waals surface area contributed by atoms with Gasteiger partial charge in [-0.2, -0.15) is 5.26 Å². The molecule has 3 heteroatoms. The summed E-state index contributed by atoms with van der Waals surface area (Å²) in [5, 5.41) is 8.61. The first-order valence-electron chi connectivity index (χ1n) is 4.44. The predicted octanol–water partition coefficient (Wildman–Crippen LogP) is 2.89. The van der Waals surface area contributed by atoms with Crippen LogP contribution >= 0.6 is 0 Å². The highest BCUT2D eigenvalue weighted by Crippen LogP contribution is 2.17. The number of hydrogen-bond donors (Lipinski definition) is 0. The van der Waals surface area contributed by atoms with Crippen LogP contribution < -0.4 is 4.74 Å². The third-order valence-corrected chi connectivity index (χ3v) is 1.74. The largest absolute Gasteiger partial charge is 0.460 e. The molecule has 74 valence electrons. The highest BCUT2D eigenvalue weighted by Gasteiger charge is 2.12. The van der Waals surface area contributed by atoms with E-state index in [4.69, 9.17) is 10.00 Å². The Morgan fingerprint density at radius 2 is 2.14 bits per heavy atom. The molecule has 0 radical (unpaired) electrons. The van der Waals surface area contributed by atoms with Crippen LogP contribution in [0.3, 0.4) is 0 Å². The monoisotopic (exact) mass is 193 g/mol. The van der Waals surface area contributed by atoms with E-state index in [0.717, 1.165) is 0 Å². The van der Waals surface area contributed by atoms with Crippen molar-refractivity contribution in [3.05, 3.63) is 29.8 Å². The summed E-state index contributed by atoms with van der Waals surface area (Å²) in [6.07, 6.45) is -1.33. The molecule has 0 saturated heterocycles. The van der Waals surface area contributed by atoms with Gasteiger partial charge in [-0.3, -0.25) is 0 Å². The Balaban J connectivity index is 2.73. The maximum absolute atomic E-state index is 13.1. The lowest BCUT2D eigenvalue weighted by molar-refractivity contribution is 0.0257. The average molecular weight is 193 g/mol. The number of ether oxygens (including phenoxy) is 1. The van der Waals surface area contributed by atoms with Crippen molar-refractivity contribution in [3.63, 3.8) is 0 Å². The second-order valence-corrected chi connectivity index (χ2v) is 3.35. The third-order valence-electron chi connectivity index (χ3n) is 1.74. The number of hydrogen-bond acceptors (Lipinski definition) is 2. The zero-order chi connectivity index (χ0) is 10.6. The Morgan fingerprint density at radius 3 is 2.71 bits per heavy atom. The molecule has 0 aliphatic heterocycles. The Bertz CT molecular complexity index is 343. The van der Waals surface area contributed by atoms with Gasteiger partial charge in [0.2, 0.25) is 6.36 Å². The van der Waals surface area contributed by atoms with Crippen molar-refractivity contribution in [3.8, 4) is 11.8 Å². The van der Waals surface area contributed by atoms with Gasteiger partial charge in [0.05, 0.1) is 11.6 Å². The first-order chi connectivity index (χ1) is 6.63. The fourth-order valence-corrected chi connectivity index (χ4v) is 0.905. The van der Waals surface area contributed by atoms with E-state index >= 15 is 0 Å². The quantitative estimate of drug-likeness (QED) is 0.739. The van der Waals surface area contributed by atoms with Gasteiger partial charge in [-0.25, -0.2) is 4.39 Å². The molecule has 0 saturated carbocycles. The summed E-state index contributed by atoms with van der Waals surface area (Å²) in [7, 11) is 0. The summed E-state index contributed by atoms with van der Waals surface area (Å²) in [6.45, 7) is 3.47. The molecule has 1 rings (SSSR count). The van der Waals surface area contributed by atoms with Crippen molar-refractivity contribution < 1.29 is 9.13 Å². The molecule has 14 heavy (non-hydrogen) atoms. The Labute approximate surface area is 82.9 Å². The van der Waals surface area contributed by atoms with Gasteiger partial charge < -0.3 is 4.74 Å². The molecular weight excluding hydrogens is 181 g/mol. The maximum atomic E-state index is 13.1. The number of benzene rings is 1. The molecule has 0 bridgehead atoms.